The van der Waals surface area contributed by atoms with E-state index in [0.717, 1.165) is 55.7 Å². The highest BCUT2D eigenvalue weighted by Crippen LogP contribution is 2.18. The molecule has 4 nitrogen and oxygen atoms in total. The van der Waals surface area contributed by atoms with Crippen LogP contribution in [0.4, 0.5) is 4.39 Å². The highest BCUT2D eigenvalue weighted by molar-refractivity contribution is 5.55. The fraction of sp³-hybridized carbons (Fsp3) is 0.583. The maximum absolute atomic E-state index is 13.0. The molecule has 0 fully saturated rings. The van der Waals surface area contributed by atoms with Crippen molar-refractivity contribution >= 4 is 0 Å². The molecule has 0 radical (unpaired) electrons. The minimum absolute atomic E-state index is 0.237. The maximum Gasteiger partial charge on any atom is 0.159 e. The fourth-order valence-corrected chi connectivity index (χ4v) is 2.91. The molecule has 0 aliphatic rings. The van der Waals surface area contributed by atoms with Crippen molar-refractivity contribution in [3.05, 3.63) is 42.2 Å². The van der Waals surface area contributed by atoms with Crippen molar-refractivity contribution in [3.8, 4) is 17.1 Å². The van der Waals surface area contributed by atoms with Crippen LogP contribution in [-0.2, 0) is 11.2 Å². The summed E-state index contributed by atoms with van der Waals surface area (Å²) >= 11 is 0. The van der Waals surface area contributed by atoms with E-state index >= 15 is 0 Å². The number of aromatic nitrogens is 2. The van der Waals surface area contributed by atoms with Crippen LogP contribution in [0.3, 0.4) is 0 Å². The van der Waals surface area contributed by atoms with Crippen molar-refractivity contribution in [2.45, 2.75) is 71.4 Å². The molecule has 1 heterocycles. The highest BCUT2D eigenvalue weighted by Gasteiger charge is 2.04. The van der Waals surface area contributed by atoms with Crippen molar-refractivity contribution in [3.63, 3.8) is 0 Å². The molecule has 0 spiro atoms. The van der Waals surface area contributed by atoms with Crippen molar-refractivity contribution < 1.29 is 13.9 Å². The summed E-state index contributed by atoms with van der Waals surface area (Å²) in [5.74, 6) is 1.44. The zero-order valence-electron chi connectivity index (χ0n) is 17.9. The van der Waals surface area contributed by atoms with Gasteiger partial charge in [-0.05, 0) is 37.7 Å². The number of rotatable bonds is 15. The second-order valence-electron chi connectivity index (χ2n) is 7.39. The first-order valence-corrected chi connectivity index (χ1v) is 11.0. The summed E-state index contributed by atoms with van der Waals surface area (Å²) in [5, 5.41) is 0. The van der Waals surface area contributed by atoms with Crippen molar-refractivity contribution in [1.82, 2.24) is 9.97 Å². The summed E-state index contributed by atoms with van der Waals surface area (Å²) in [6, 6.07) is 8.47. The number of benzene rings is 1. The minimum atomic E-state index is -0.819. The van der Waals surface area contributed by atoms with Gasteiger partial charge in [-0.25, -0.2) is 14.4 Å². The lowest BCUT2D eigenvalue weighted by Crippen LogP contribution is -2.09. The van der Waals surface area contributed by atoms with Crippen LogP contribution in [0.5, 0.6) is 5.75 Å². The predicted octanol–water partition coefficient (Wildman–Crippen LogP) is 6.19. The van der Waals surface area contributed by atoms with E-state index in [4.69, 9.17) is 9.47 Å². The number of aryl methyl sites for hydroxylation is 1. The van der Waals surface area contributed by atoms with Gasteiger partial charge in [0.15, 0.2) is 11.6 Å². The van der Waals surface area contributed by atoms with Gasteiger partial charge in [-0.2, -0.15) is 0 Å². The van der Waals surface area contributed by atoms with Crippen molar-refractivity contribution in [2.75, 3.05) is 19.8 Å². The van der Waals surface area contributed by atoms with E-state index in [-0.39, 0.29) is 6.61 Å². The zero-order chi connectivity index (χ0) is 20.7. The Balaban J connectivity index is 1.64. The molecule has 0 saturated heterocycles. The molecule has 0 amide bonds. The molecular formula is C24H35FN2O2. The Morgan fingerprint density at radius 3 is 2.31 bits per heavy atom. The lowest BCUT2D eigenvalue weighted by Gasteiger charge is -2.07. The van der Waals surface area contributed by atoms with Gasteiger partial charge in [0.05, 0.1) is 25.6 Å². The van der Waals surface area contributed by atoms with Crippen LogP contribution < -0.4 is 4.74 Å². The van der Waals surface area contributed by atoms with Gasteiger partial charge in [-0.1, -0.05) is 57.4 Å². The summed E-state index contributed by atoms with van der Waals surface area (Å²) in [4.78, 5) is 8.83. The molecule has 2 aromatic rings. The highest BCUT2D eigenvalue weighted by atomic mass is 19.1. The van der Waals surface area contributed by atoms with E-state index in [1.54, 1.807) is 12.4 Å². The Morgan fingerprint density at radius 2 is 1.62 bits per heavy atom. The first-order chi connectivity index (χ1) is 14.2. The van der Waals surface area contributed by atoms with Gasteiger partial charge in [0.25, 0.3) is 0 Å². The molecule has 0 bridgehead atoms. The Morgan fingerprint density at radius 1 is 0.897 bits per heavy atom. The second-order valence-corrected chi connectivity index (χ2v) is 7.39. The van der Waals surface area contributed by atoms with Gasteiger partial charge in [0.2, 0.25) is 0 Å². The quantitative estimate of drug-likeness (QED) is 0.333. The van der Waals surface area contributed by atoms with Gasteiger partial charge in [0.1, 0.15) is 6.17 Å². The Kier molecular flexibility index (Phi) is 11.3. The lowest BCUT2D eigenvalue weighted by atomic mass is 10.0. The van der Waals surface area contributed by atoms with Crippen LogP contribution in [0, 0.1) is 0 Å². The molecule has 0 aliphatic heterocycles. The van der Waals surface area contributed by atoms with Crippen LogP contribution in [0.15, 0.2) is 36.7 Å². The van der Waals surface area contributed by atoms with Gasteiger partial charge in [-0.3, -0.25) is 0 Å². The zero-order valence-corrected chi connectivity index (χ0v) is 17.9. The molecule has 0 aliphatic carbocycles. The van der Waals surface area contributed by atoms with E-state index in [0.29, 0.717) is 19.6 Å². The lowest BCUT2D eigenvalue weighted by molar-refractivity contribution is 0.0765. The topological polar surface area (TPSA) is 44.2 Å². The molecule has 1 atom stereocenters. The molecule has 1 aromatic carbocycles. The summed E-state index contributed by atoms with van der Waals surface area (Å²) in [6.07, 6.45) is 10.9. The van der Waals surface area contributed by atoms with Crippen molar-refractivity contribution in [1.29, 1.82) is 0 Å². The van der Waals surface area contributed by atoms with Crippen LogP contribution in [0.25, 0.3) is 11.4 Å². The predicted molar refractivity (Wildman–Crippen MR) is 116 cm³/mol. The van der Waals surface area contributed by atoms with Gasteiger partial charge in [-0.15, -0.1) is 0 Å². The summed E-state index contributed by atoms with van der Waals surface area (Å²) in [5.41, 5.74) is 2.34. The number of alkyl halides is 1. The number of unbranched alkanes of at least 4 members (excludes halogenated alkanes) is 4. The second kappa shape index (κ2) is 14.0. The maximum atomic E-state index is 13.0. The number of ether oxygens (including phenoxy) is 2. The summed E-state index contributed by atoms with van der Waals surface area (Å²) in [7, 11) is 0. The molecule has 0 N–H and O–H groups in total. The van der Waals surface area contributed by atoms with E-state index in [1.165, 1.54) is 12.0 Å². The SMILES string of the molecule is CCCCOc1cnc(-c2ccc(CCCCCCOCC(F)CC)cc2)nc1. The molecule has 1 unspecified atom stereocenters. The Hall–Kier alpha value is -2.01. The third-order valence-corrected chi connectivity index (χ3v) is 4.85. The molecule has 0 saturated carbocycles. The number of hydrogen-bond acceptors (Lipinski definition) is 4. The number of nitrogens with zero attached hydrogens (tertiary/aromatic N) is 2. The first-order valence-electron chi connectivity index (χ1n) is 11.0. The largest absolute Gasteiger partial charge is 0.490 e. The number of hydrogen-bond donors (Lipinski definition) is 0. The van der Waals surface area contributed by atoms with E-state index in [1.807, 2.05) is 6.92 Å². The normalized spacial score (nSPS) is 12.1. The van der Waals surface area contributed by atoms with E-state index in [2.05, 4.69) is 41.2 Å². The average molecular weight is 403 g/mol. The van der Waals surface area contributed by atoms with Crippen LogP contribution in [-0.4, -0.2) is 36.0 Å². The van der Waals surface area contributed by atoms with Crippen molar-refractivity contribution in [2.24, 2.45) is 0 Å². The fourth-order valence-electron chi connectivity index (χ4n) is 2.91. The van der Waals surface area contributed by atoms with E-state index < -0.39 is 6.17 Å². The molecular weight excluding hydrogens is 367 g/mol. The van der Waals surface area contributed by atoms with Crippen LogP contribution in [0.1, 0.15) is 64.4 Å². The molecule has 1 aromatic heterocycles. The third kappa shape index (κ3) is 9.35. The summed E-state index contributed by atoms with van der Waals surface area (Å²) < 4.78 is 24.0. The Bertz CT molecular complexity index is 662. The number of halogens is 1. The molecule has 29 heavy (non-hydrogen) atoms. The van der Waals surface area contributed by atoms with Gasteiger partial charge in [0, 0.05) is 12.2 Å². The van der Waals surface area contributed by atoms with Crippen LogP contribution in [0.2, 0.25) is 0 Å². The first kappa shape index (κ1) is 23.3. The van der Waals surface area contributed by atoms with E-state index in [9.17, 15) is 4.39 Å². The standard InChI is InChI=1S/C24H35FN2O2/c1-3-5-16-29-23-17-26-24(27-18-23)21-13-11-20(12-14-21)10-8-6-7-9-15-28-19-22(25)4-2/h11-14,17-18,22H,3-10,15-16,19H2,1-2H3. The summed E-state index contributed by atoms with van der Waals surface area (Å²) in [6.45, 7) is 5.59. The average Bonchev–Trinajstić information content (AvgIpc) is 2.76. The Labute approximate surface area is 174 Å². The van der Waals surface area contributed by atoms with Crippen LogP contribution >= 0.6 is 0 Å². The molecule has 5 heteroatoms. The third-order valence-electron chi connectivity index (χ3n) is 4.85. The minimum Gasteiger partial charge on any atom is -0.490 e. The van der Waals surface area contributed by atoms with Gasteiger partial charge >= 0.3 is 0 Å². The monoisotopic (exact) mass is 402 g/mol. The van der Waals surface area contributed by atoms with Gasteiger partial charge < -0.3 is 9.47 Å². The molecule has 160 valence electrons. The smallest absolute Gasteiger partial charge is 0.159 e. The molecule has 2 rings (SSSR count).